The number of anilines is 3. The van der Waals surface area contributed by atoms with E-state index in [1.807, 2.05) is 11.3 Å². The van der Waals surface area contributed by atoms with Gasteiger partial charge in [0.25, 0.3) is 0 Å². The Morgan fingerprint density at radius 2 is 0.930 bits per heavy atom. The second kappa shape index (κ2) is 11.7. The van der Waals surface area contributed by atoms with Gasteiger partial charge in [0.2, 0.25) is 0 Å². The molecule has 0 aliphatic heterocycles. The van der Waals surface area contributed by atoms with E-state index in [-0.39, 0.29) is 5.41 Å². The topological polar surface area (TPSA) is 3.24 Å². The van der Waals surface area contributed by atoms with Gasteiger partial charge in [-0.25, -0.2) is 0 Å². The summed E-state index contributed by atoms with van der Waals surface area (Å²) in [5.74, 6) is 0. The van der Waals surface area contributed by atoms with Crippen LogP contribution in [0.1, 0.15) is 65.5 Å². The largest absolute Gasteiger partial charge is 0.309 e. The Kier molecular flexibility index (Phi) is 6.53. The fraction of sp³-hybridized carbons (Fsp3) is 0.127. The first-order valence-electron chi connectivity index (χ1n) is 20.6. The number of thiophene rings is 1. The molecule has 0 amide bonds. The van der Waals surface area contributed by atoms with Crippen molar-refractivity contribution in [3.05, 3.63) is 209 Å². The van der Waals surface area contributed by atoms with Crippen molar-refractivity contribution in [3.63, 3.8) is 0 Å². The highest BCUT2D eigenvalue weighted by Gasteiger charge is 2.53. The zero-order valence-electron chi connectivity index (χ0n) is 31.6. The smallest absolute Gasteiger partial charge is 0.0746 e. The second-order valence-electron chi connectivity index (χ2n) is 16.6. The molecule has 0 bridgehead atoms. The molecule has 9 aromatic rings. The van der Waals surface area contributed by atoms with E-state index < -0.39 is 5.41 Å². The van der Waals surface area contributed by atoms with E-state index in [9.17, 15) is 0 Å². The molecule has 1 fully saturated rings. The number of benzene rings is 8. The predicted molar refractivity (Wildman–Crippen MR) is 240 cm³/mol. The van der Waals surface area contributed by atoms with Crippen molar-refractivity contribution in [1.29, 1.82) is 0 Å². The summed E-state index contributed by atoms with van der Waals surface area (Å²) in [7, 11) is 0. The zero-order chi connectivity index (χ0) is 37.3. The quantitative estimate of drug-likeness (QED) is 0.174. The summed E-state index contributed by atoms with van der Waals surface area (Å²) in [6.45, 7) is 0. The highest BCUT2D eigenvalue weighted by molar-refractivity contribution is 7.26. The van der Waals surface area contributed by atoms with Gasteiger partial charge in [0.05, 0.1) is 16.8 Å². The Morgan fingerprint density at radius 3 is 1.65 bits per heavy atom. The van der Waals surface area contributed by atoms with Crippen molar-refractivity contribution in [2.24, 2.45) is 0 Å². The number of rotatable bonds is 3. The monoisotopic (exact) mass is 745 g/mol. The summed E-state index contributed by atoms with van der Waals surface area (Å²) >= 11 is 1.90. The Labute approximate surface area is 337 Å². The van der Waals surface area contributed by atoms with Gasteiger partial charge >= 0.3 is 0 Å². The van der Waals surface area contributed by atoms with Gasteiger partial charge in [-0.05, 0) is 110 Å². The summed E-state index contributed by atoms with van der Waals surface area (Å²) in [5.41, 5.74) is 19.9. The summed E-state index contributed by atoms with van der Waals surface area (Å²) in [4.78, 5) is 2.66. The van der Waals surface area contributed by atoms with Gasteiger partial charge in [-0.2, -0.15) is 0 Å². The first-order chi connectivity index (χ1) is 28.3. The van der Waals surface area contributed by atoms with Gasteiger partial charge in [-0.1, -0.05) is 159 Å². The Bertz CT molecular complexity index is 3080. The number of hydrogen-bond donors (Lipinski definition) is 0. The Morgan fingerprint density at radius 1 is 0.404 bits per heavy atom. The molecule has 8 aromatic carbocycles. The average Bonchev–Trinajstić information content (AvgIpc) is 3.98. The first kappa shape index (κ1) is 31.9. The SMILES string of the molecule is c1ccc2c(c1)-c1ccc(N(c3cccc4c3C3(c5ccccc5-c5ccccc53)c3ccccc3-4)c3cccc4sc5ccccc5c34)cc1C21CCCCC1. The zero-order valence-corrected chi connectivity index (χ0v) is 32.5. The minimum absolute atomic E-state index is 0.0480. The van der Waals surface area contributed by atoms with Crippen molar-refractivity contribution < 1.29 is 0 Å². The van der Waals surface area contributed by atoms with Gasteiger partial charge in [0.15, 0.2) is 0 Å². The lowest BCUT2D eigenvalue weighted by molar-refractivity contribution is 0.353. The van der Waals surface area contributed by atoms with Crippen molar-refractivity contribution >= 4 is 48.6 Å². The average molecular weight is 746 g/mol. The molecule has 0 saturated heterocycles. The molecule has 1 nitrogen and oxygen atoms in total. The Balaban J connectivity index is 1.16. The van der Waals surface area contributed by atoms with Crippen LogP contribution in [0.4, 0.5) is 17.1 Å². The Hall–Kier alpha value is -6.22. The first-order valence-corrected chi connectivity index (χ1v) is 21.5. The van der Waals surface area contributed by atoms with Crippen LogP contribution in [0.25, 0.3) is 53.6 Å². The van der Waals surface area contributed by atoms with E-state index in [0.717, 1.165) is 0 Å². The fourth-order valence-corrected chi connectivity index (χ4v) is 13.1. The molecule has 1 aromatic heterocycles. The number of hydrogen-bond acceptors (Lipinski definition) is 2. The summed E-state index contributed by atoms with van der Waals surface area (Å²) < 4.78 is 2.64. The normalized spacial score (nSPS) is 16.0. The lowest BCUT2D eigenvalue weighted by atomic mass is 9.68. The molecule has 4 aliphatic rings. The molecule has 2 heteroatoms. The van der Waals surface area contributed by atoms with Crippen LogP contribution in [0.3, 0.4) is 0 Å². The van der Waals surface area contributed by atoms with Crippen LogP contribution >= 0.6 is 11.3 Å². The molecule has 13 rings (SSSR count). The highest BCUT2D eigenvalue weighted by Crippen LogP contribution is 2.66. The standard InChI is InChI=1S/C55H39NS/c1-12-32-54(33-13-1)43-22-7-2-16-36(43)40-31-30-35(34-47(40)54)56(48-26-15-29-51-52(48)42-20-6-11-28-50(42)57-51)49-27-14-21-41-39-19-5-10-25-46(39)55(53(41)49)44-23-8-3-17-37(44)38-18-4-9-24-45(38)55/h2-11,14-31,34H,1,12-13,32-33H2. The van der Waals surface area contributed by atoms with Crippen LogP contribution in [-0.4, -0.2) is 0 Å². The van der Waals surface area contributed by atoms with E-state index >= 15 is 0 Å². The van der Waals surface area contributed by atoms with Crippen molar-refractivity contribution in [2.45, 2.75) is 42.9 Å². The molecule has 57 heavy (non-hydrogen) atoms. The molecule has 270 valence electrons. The van der Waals surface area contributed by atoms with Crippen LogP contribution in [0, 0.1) is 0 Å². The predicted octanol–water partition coefficient (Wildman–Crippen LogP) is 15.1. The molecule has 0 atom stereocenters. The van der Waals surface area contributed by atoms with E-state index in [1.54, 1.807) is 0 Å². The maximum absolute atomic E-state index is 2.66. The molecular weight excluding hydrogens is 707 g/mol. The van der Waals surface area contributed by atoms with Crippen LogP contribution in [0.15, 0.2) is 176 Å². The van der Waals surface area contributed by atoms with Crippen LogP contribution in [-0.2, 0) is 10.8 Å². The molecule has 0 unspecified atom stereocenters. The summed E-state index contributed by atoms with van der Waals surface area (Å²) in [5, 5.41) is 2.64. The van der Waals surface area contributed by atoms with Gasteiger partial charge < -0.3 is 4.90 Å². The van der Waals surface area contributed by atoms with Crippen molar-refractivity contribution in [1.82, 2.24) is 0 Å². The molecule has 4 aliphatic carbocycles. The lowest BCUT2D eigenvalue weighted by Gasteiger charge is -2.38. The van der Waals surface area contributed by atoms with Gasteiger partial charge in [0.1, 0.15) is 0 Å². The van der Waals surface area contributed by atoms with E-state index in [2.05, 4.69) is 181 Å². The molecule has 1 heterocycles. The van der Waals surface area contributed by atoms with Crippen LogP contribution in [0.5, 0.6) is 0 Å². The van der Waals surface area contributed by atoms with Crippen molar-refractivity contribution in [2.75, 3.05) is 4.90 Å². The molecule has 0 N–H and O–H groups in total. The third-order valence-corrected chi connectivity index (χ3v) is 15.2. The summed E-state index contributed by atoms with van der Waals surface area (Å²) in [6.07, 6.45) is 6.28. The van der Waals surface area contributed by atoms with Crippen molar-refractivity contribution in [3.8, 4) is 33.4 Å². The molecule has 0 radical (unpaired) electrons. The molecular formula is C55H39NS. The van der Waals surface area contributed by atoms with Crippen LogP contribution < -0.4 is 4.90 Å². The number of nitrogens with zero attached hydrogens (tertiary/aromatic N) is 1. The van der Waals surface area contributed by atoms with E-state index in [0.29, 0.717) is 0 Å². The third-order valence-electron chi connectivity index (χ3n) is 14.1. The fourth-order valence-electron chi connectivity index (χ4n) is 11.9. The third kappa shape index (κ3) is 4.04. The summed E-state index contributed by atoms with van der Waals surface area (Å²) in [6, 6.07) is 67.4. The molecule has 1 saturated carbocycles. The highest BCUT2D eigenvalue weighted by atomic mass is 32.1. The van der Waals surface area contributed by atoms with E-state index in [4.69, 9.17) is 0 Å². The van der Waals surface area contributed by atoms with Gasteiger partial charge in [-0.3, -0.25) is 0 Å². The maximum Gasteiger partial charge on any atom is 0.0746 e. The minimum Gasteiger partial charge on any atom is -0.309 e. The van der Waals surface area contributed by atoms with Gasteiger partial charge in [-0.15, -0.1) is 11.3 Å². The van der Waals surface area contributed by atoms with E-state index in [1.165, 1.54) is 136 Å². The molecule has 2 spiro atoms. The second-order valence-corrected chi connectivity index (χ2v) is 17.7. The van der Waals surface area contributed by atoms with Gasteiger partial charge in [0, 0.05) is 36.8 Å². The maximum atomic E-state index is 2.66. The minimum atomic E-state index is -0.476. The number of fused-ring (bicyclic) bond motifs is 18. The lowest BCUT2D eigenvalue weighted by Crippen LogP contribution is -2.29. The van der Waals surface area contributed by atoms with Crippen LogP contribution in [0.2, 0.25) is 0 Å².